The molecule has 1 aromatic heterocycles. The molecule has 0 aliphatic rings. The van der Waals surface area contributed by atoms with Crippen LogP contribution in [0.5, 0.6) is 0 Å². The molecule has 0 unspecified atom stereocenters. The Balaban J connectivity index is 1.94. The molecule has 0 amide bonds. The molecule has 2 aromatic carbocycles. The van der Waals surface area contributed by atoms with Gasteiger partial charge >= 0.3 is 0 Å². The molecule has 1 heterocycles. The maximum atomic E-state index is 8.91. The second-order valence-corrected chi connectivity index (χ2v) is 6.78. The fraction of sp³-hybridized carbons (Fsp3) is 0.158. The first-order chi connectivity index (χ1) is 13.0. The van der Waals surface area contributed by atoms with Crippen molar-refractivity contribution in [2.45, 2.75) is 6.42 Å². The molecule has 0 aliphatic heterocycles. The van der Waals surface area contributed by atoms with Crippen LogP contribution in [0, 0.1) is 11.3 Å². The third kappa shape index (κ3) is 4.64. The molecule has 136 valence electrons. The van der Waals surface area contributed by atoms with Crippen LogP contribution < -0.4 is 10.2 Å². The zero-order valence-corrected chi connectivity index (χ0v) is 16.3. The highest BCUT2D eigenvalue weighted by molar-refractivity contribution is 6.36. The van der Waals surface area contributed by atoms with Crippen molar-refractivity contribution in [2.24, 2.45) is 0 Å². The van der Waals surface area contributed by atoms with Gasteiger partial charge in [-0.3, -0.25) is 0 Å². The third-order valence-corrected chi connectivity index (χ3v) is 4.44. The van der Waals surface area contributed by atoms with E-state index in [2.05, 4.69) is 26.3 Å². The first kappa shape index (κ1) is 18.9. The summed E-state index contributed by atoms with van der Waals surface area (Å²) in [4.78, 5) is 15.2. The van der Waals surface area contributed by atoms with Crippen LogP contribution >= 0.6 is 23.2 Å². The molecule has 0 saturated heterocycles. The lowest BCUT2D eigenvalue weighted by atomic mass is 10.1. The number of nitrogens with one attached hydrogen (secondary N) is 1. The van der Waals surface area contributed by atoms with E-state index < -0.39 is 0 Å². The quantitative estimate of drug-likeness (QED) is 0.683. The van der Waals surface area contributed by atoms with Gasteiger partial charge in [0, 0.05) is 36.2 Å². The smallest absolute Gasteiger partial charge is 0.232 e. The molecule has 0 saturated carbocycles. The maximum absolute atomic E-state index is 8.91. The fourth-order valence-corrected chi connectivity index (χ4v) is 2.89. The fourth-order valence-electron chi connectivity index (χ4n) is 2.36. The number of rotatable bonds is 5. The Morgan fingerprint density at radius 1 is 1.00 bits per heavy atom. The van der Waals surface area contributed by atoms with Crippen molar-refractivity contribution in [2.75, 3.05) is 24.3 Å². The second-order valence-electron chi connectivity index (χ2n) is 5.96. The third-order valence-electron chi connectivity index (χ3n) is 3.74. The number of halogens is 2. The first-order valence-corrected chi connectivity index (χ1v) is 8.84. The number of hydrogen-bond acceptors (Lipinski definition) is 6. The minimum Gasteiger partial charge on any atom is -0.347 e. The van der Waals surface area contributed by atoms with Gasteiger partial charge in [0.05, 0.1) is 11.6 Å². The number of anilines is 3. The lowest BCUT2D eigenvalue weighted by Crippen LogP contribution is -2.16. The Kier molecular flexibility index (Phi) is 5.75. The van der Waals surface area contributed by atoms with E-state index in [4.69, 9.17) is 28.5 Å². The largest absolute Gasteiger partial charge is 0.347 e. The van der Waals surface area contributed by atoms with E-state index in [1.54, 1.807) is 47.4 Å². The van der Waals surface area contributed by atoms with Gasteiger partial charge < -0.3 is 10.2 Å². The van der Waals surface area contributed by atoms with E-state index in [-0.39, 0.29) is 0 Å². The van der Waals surface area contributed by atoms with E-state index in [1.807, 2.05) is 14.1 Å². The predicted octanol–water partition coefficient (Wildman–Crippen LogP) is 4.45. The highest BCUT2D eigenvalue weighted by Crippen LogP contribution is 2.26. The topological polar surface area (TPSA) is 77.7 Å². The van der Waals surface area contributed by atoms with Gasteiger partial charge in [0.15, 0.2) is 0 Å². The molecule has 0 bridgehead atoms. The van der Waals surface area contributed by atoms with Crippen LogP contribution in [0.2, 0.25) is 10.0 Å². The maximum Gasteiger partial charge on any atom is 0.232 e. The minimum atomic E-state index is 0.379. The zero-order chi connectivity index (χ0) is 19.4. The van der Waals surface area contributed by atoms with Crippen molar-refractivity contribution in [3.8, 4) is 6.07 Å². The van der Waals surface area contributed by atoms with Crippen molar-refractivity contribution < 1.29 is 0 Å². The van der Waals surface area contributed by atoms with Crippen molar-refractivity contribution in [3.63, 3.8) is 0 Å². The van der Waals surface area contributed by atoms with Crippen molar-refractivity contribution in [1.82, 2.24) is 15.0 Å². The van der Waals surface area contributed by atoms with Gasteiger partial charge in [-0.2, -0.15) is 20.2 Å². The summed E-state index contributed by atoms with van der Waals surface area (Å²) in [7, 11) is 3.71. The van der Waals surface area contributed by atoms with Gasteiger partial charge in [0.2, 0.25) is 11.9 Å². The van der Waals surface area contributed by atoms with Crippen molar-refractivity contribution in [1.29, 1.82) is 5.26 Å². The van der Waals surface area contributed by atoms with Crippen LogP contribution in [0.15, 0.2) is 42.5 Å². The van der Waals surface area contributed by atoms with Crippen LogP contribution in [0.3, 0.4) is 0 Å². The van der Waals surface area contributed by atoms with E-state index in [1.165, 1.54) is 0 Å². The molecular formula is C19H16Cl2N6. The molecule has 0 radical (unpaired) electrons. The molecule has 27 heavy (non-hydrogen) atoms. The molecule has 8 heteroatoms. The number of hydrogen-bond donors (Lipinski definition) is 1. The molecule has 0 spiro atoms. The summed E-state index contributed by atoms with van der Waals surface area (Å²) in [5.41, 5.74) is 2.12. The standard InChI is InChI=1S/C19H16Cl2N6/c1-27(2)19-25-17(10-14-15(20)4-3-5-16(14)21)24-18(26-19)23-13-8-6-12(11-22)7-9-13/h3-9H,10H2,1-2H3,(H,23,24,25,26). The summed E-state index contributed by atoms with van der Waals surface area (Å²) in [6.07, 6.45) is 0.379. The molecule has 0 aliphatic carbocycles. The number of benzene rings is 2. The number of aromatic nitrogens is 3. The average Bonchev–Trinajstić information content (AvgIpc) is 2.65. The first-order valence-electron chi connectivity index (χ1n) is 8.08. The van der Waals surface area contributed by atoms with Gasteiger partial charge in [-0.05, 0) is 42.0 Å². The molecule has 3 aromatic rings. The molecule has 0 atom stereocenters. The monoisotopic (exact) mass is 398 g/mol. The van der Waals surface area contributed by atoms with Crippen LogP contribution in [0.25, 0.3) is 0 Å². The Labute approximate surface area is 167 Å². The van der Waals surface area contributed by atoms with E-state index in [0.717, 1.165) is 11.3 Å². The molecule has 0 fully saturated rings. The van der Waals surface area contributed by atoms with Crippen LogP contribution in [0.4, 0.5) is 17.6 Å². The van der Waals surface area contributed by atoms with E-state index in [9.17, 15) is 0 Å². The number of nitriles is 1. The van der Waals surface area contributed by atoms with Crippen LogP contribution in [-0.2, 0) is 6.42 Å². The van der Waals surface area contributed by atoms with E-state index >= 15 is 0 Å². The van der Waals surface area contributed by atoms with Crippen molar-refractivity contribution in [3.05, 3.63) is 69.5 Å². The van der Waals surface area contributed by atoms with Crippen LogP contribution in [0.1, 0.15) is 17.0 Å². The molecule has 3 rings (SSSR count). The Hall–Kier alpha value is -2.88. The summed E-state index contributed by atoms with van der Waals surface area (Å²) in [5.74, 6) is 1.45. The Morgan fingerprint density at radius 2 is 1.67 bits per heavy atom. The summed E-state index contributed by atoms with van der Waals surface area (Å²) in [5, 5.41) is 13.2. The highest BCUT2D eigenvalue weighted by Gasteiger charge is 2.13. The highest BCUT2D eigenvalue weighted by atomic mass is 35.5. The minimum absolute atomic E-state index is 0.379. The summed E-state index contributed by atoms with van der Waals surface area (Å²) in [6, 6.07) is 14.5. The molecule has 6 nitrogen and oxygen atoms in total. The van der Waals surface area contributed by atoms with Crippen LogP contribution in [-0.4, -0.2) is 29.0 Å². The summed E-state index contributed by atoms with van der Waals surface area (Å²) >= 11 is 12.5. The predicted molar refractivity (Wildman–Crippen MR) is 108 cm³/mol. The Morgan fingerprint density at radius 3 is 2.26 bits per heavy atom. The number of nitrogens with zero attached hydrogens (tertiary/aromatic N) is 5. The van der Waals surface area contributed by atoms with Crippen molar-refractivity contribution >= 4 is 40.8 Å². The summed E-state index contributed by atoms with van der Waals surface area (Å²) in [6.45, 7) is 0. The van der Waals surface area contributed by atoms with Gasteiger partial charge in [-0.25, -0.2) is 0 Å². The van der Waals surface area contributed by atoms with Gasteiger partial charge in [-0.15, -0.1) is 0 Å². The Bertz CT molecular complexity index is 976. The van der Waals surface area contributed by atoms with Gasteiger partial charge in [0.1, 0.15) is 5.82 Å². The van der Waals surface area contributed by atoms with Gasteiger partial charge in [-0.1, -0.05) is 29.3 Å². The zero-order valence-electron chi connectivity index (χ0n) is 14.7. The molecule has 1 N–H and O–H groups in total. The average molecular weight is 399 g/mol. The SMILES string of the molecule is CN(C)c1nc(Cc2c(Cl)cccc2Cl)nc(Nc2ccc(C#N)cc2)n1. The molecular weight excluding hydrogens is 383 g/mol. The summed E-state index contributed by atoms with van der Waals surface area (Å²) < 4.78 is 0. The second kappa shape index (κ2) is 8.21. The normalized spacial score (nSPS) is 10.3. The van der Waals surface area contributed by atoms with E-state index in [0.29, 0.717) is 39.8 Å². The van der Waals surface area contributed by atoms with Gasteiger partial charge in [0.25, 0.3) is 0 Å². The lowest BCUT2D eigenvalue weighted by Gasteiger charge is -2.14. The lowest BCUT2D eigenvalue weighted by molar-refractivity contribution is 0.889.